The molecule has 0 heterocycles. The van der Waals surface area contributed by atoms with Gasteiger partial charge in [0.1, 0.15) is 0 Å². The van der Waals surface area contributed by atoms with Crippen molar-refractivity contribution in [2.24, 2.45) is 0 Å². The highest BCUT2D eigenvalue weighted by atomic mass is 32.2. The summed E-state index contributed by atoms with van der Waals surface area (Å²) in [6.07, 6.45) is 0. The van der Waals surface area contributed by atoms with Crippen LogP contribution >= 0.6 is 0 Å². The molecule has 0 unspecified atom stereocenters. The van der Waals surface area contributed by atoms with E-state index in [4.69, 9.17) is 15.2 Å². The molecule has 0 fully saturated rings. The number of methoxy groups -OCH3 is 2. The third-order valence-corrected chi connectivity index (χ3v) is 5.53. The van der Waals surface area contributed by atoms with Gasteiger partial charge in [-0.2, -0.15) is 0 Å². The molecule has 136 valence electrons. The molecule has 0 aromatic heterocycles. The van der Waals surface area contributed by atoms with Crippen molar-refractivity contribution in [3.05, 3.63) is 60.2 Å². The number of fused-ring (bicyclic) bond motifs is 1. The van der Waals surface area contributed by atoms with Gasteiger partial charge in [-0.15, -0.1) is 0 Å². The lowest BCUT2D eigenvalue weighted by molar-refractivity contribution is 0.351. The standard InChI is InChI=1S/C19H20N2O4S/c1-24-18-8-4-6-14(19(18)25-2)12-21-26(22,23)15-9-10-16-13(11-15)5-3-7-17(16)20/h3-11,21H,12,20H2,1-2H3. The number of hydrogen-bond donors (Lipinski definition) is 2. The molecule has 0 saturated carbocycles. The van der Waals surface area contributed by atoms with Gasteiger partial charge in [-0.25, -0.2) is 13.1 Å². The zero-order valence-electron chi connectivity index (χ0n) is 14.5. The Morgan fingerprint density at radius 1 is 1.00 bits per heavy atom. The molecule has 6 nitrogen and oxygen atoms in total. The van der Waals surface area contributed by atoms with E-state index in [0.29, 0.717) is 22.7 Å². The van der Waals surface area contributed by atoms with Crippen LogP contribution in [0, 0.1) is 0 Å². The molecular formula is C19H20N2O4S. The van der Waals surface area contributed by atoms with E-state index in [2.05, 4.69) is 4.72 Å². The predicted molar refractivity (Wildman–Crippen MR) is 102 cm³/mol. The Bertz CT molecular complexity index is 1050. The van der Waals surface area contributed by atoms with Gasteiger partial charge in [-0.1, -0.05) is 30.3 Å². The zero-order chi connectivity index (χ0) is 18.7. The molecule has 0 saturated heterocycles. The fourth-order valence-electron chi connectivity index (χ4n) is 2.80. The fourth-order valence-corrected chi connectivity index (χ4v) is 3.84. The second kappa shape index (κ2) is 7.23. The fraction of sp³-hybridized carbons (Fsp3) is 0.158. The summed E-state index contributed by atoms with van der Waals surface area (Å²) in [6, 6.07) is 15.6. The lowest BCUT2D eigenvalue weighted by Crippen LogP contribution is -2.23. The van der Waals surface area contributed by atoms with Crippen LogP contribution < -0.4 is 19.9 Å². The summed E-state index contributed by atoms with van der Waals surface area (Å²) < 4.78 is 38.5. The molecule has 3 aromatic carbocycles. The Balaban J connectivity index is 1.88. The Morgan fingerprint density at radius 3 is 2.50 bits per heavy atom. The van der Waals surface area contributed by atoms with E-state index in [0.717, 1.165) is 10.8 Å². The van der Waals surface area contributed by atoms with Crippen LogP contribution in [0.1, 0.15) is 5.56 Å². The topological polar surface area (TPSA) is 90.7 Å². The molecule has 0 spiro atoms. The number of hydrogen-bond acceptors (Lipinski definition) is 5. The summed E-state index contributed by atoms with van der Waals surface area (Å²) in [5.41, 5.74) is 7.21. The van der Waals surface area contributed by atoms with Crippen LogP contribution in [-0.2, 0) is 16.6 Å². The molecule has 0 aliphatic rings. The third-order valence-electron chi connectivity index (χ3n) is 4.13. The summed E-state index contributed by atoms with van der Waals surface area (Å²) in [6.45, 7) is 0.0810. The number of ether oxygens (including phenoxy) is 2. The highest BCUT2D eigenvalue weighted by molar-refractivity contribution is 7.89. The highest BCUT2D eigenvalue weighted by Gasteiger charge is 2.17. The van der Waals surface area contributed by atoms with Gasteiger partial charge < -0.3 is 15.2 Å². The SMILES string of the molecule is COc1cccc(CNS(=O)(=O)c2ccc3c(N)cccc3c2)c1OC. The smallest absolute Gasteiger partial charge is 0.240 e. The van der Waals surface area contributed by atoms with Crippen molar-refractivity contribution in [1.29, 1.82) is 0 Å². The average molecular weight is 372 g/mol. The van der Waals surface area contributed by atoms with E-state index < -0.39 is 10.0 Å². The molecule has 3 rings (SSSR count). The summed E-state index contributed by atoms with van der Waals surface area (Å²) in [5, 5.41) is 1.59. The second-order valence-electron chi connectivity index (χ2n) is 5.71. The number of para-hydroxylation sites is 1. The molecule has 0 aliphatic heterocycles. The van der Waals surface area contributed by atoms with Crippen molar-refractivity contribution in [3.8, 4) is 11.5 Å². The first-order valence-corrected chi connectivity index (χ1v) is 9.42. The van der Waals surface area contributed by atoms with E-state index in [1.165, 1.54) is 14.2 Å². The molecule has 7 heteroatoms. The minimum atomic E-state index is -3.69. The second-order valence-corrected chi connectivity index (χ2v) is 7.47. The monoisotopic (exact) mass is 372 g/mol. The van der Waals surface area contributed by atoms with E-state index in [1.807, 2.05) is 6.07 Å². The van der Waals surface area contributed by atoms with Crippen LogP contribution in [0.5, 0.6) is 11.5 Å². The summed E-state index contributed by atoms with van der Waals surface area (Å²) >= 11 is 0. The predicted octanol–water partition coefficient (Wildman–Crippen LogP) is 2.92. The van der Waals surface area contributed by atoms with Crippen LogP contribution in [0.15, 0.2) is 59.5 Å². The maximum atomic E-state index is 12.7. The lowest BCUT2D eigenvalue weighted by atomic mass is 10.1. The minimum Gasteiger partial charge on any atom is -0.493 e. The largest absolute Gasteiger partial charge is 0.493 e. The van der Waals surface area contributed by atoms with E-state index >= 15 is 0 Å². The molecule has 3 aromatic rings. The van der Waals surface area contributed by atoms with Gasteiger partial charge in [0.15, 0.2) is 11.5 Å². The van der Waals surface area contributed by atoms with E-state index in [1.54, 1.807) is 48.5 Å². The maximum Gasteiger partial charge on any atom is 0.240 e. The Hall–Kier alpha value is -2.77. The van der Waals surface area contributed by atoms with Gasteiger partial charge in [-0.3, -0.25) is 0 Å². The summed E-state index contributed by atoms with van der Waals surface area (Å²) in [4.78, 5) is 0.178. The molecular weight excluding hydrogens is 352 g/mol. The zero-order valence-corrected chi connectivity index (χ0v) is 15.3. The lowest BCUT2D eigenvalue weighted by Gasteiger charge is -2.13. The van der Waals surface area contributed by atoms with Gasteiger partial charge >= 0.3 is 0 Å². The number of anilines is 1. The number of benzene rings is 3. The van der Waals surface area contributed by atoms with Gasteiger partial charge in [-0.05, 0) is 29.7 Å². The van der Waals surface area contributed by atoms with Gasteiger partial charge in [0.2, 0.25) is 10.0 Å². The van der Waals surface area contributed by atoms with Crippen molar-refractivity contribution < 1.29 is 17.9 Å². The number of nitrogens with one attached hydrogen (secondary N) is 1. The van der Waals surface area contributed by atoms with E-state index in [-0.39, 0.29) is 11.4 Å². The first-order valence-electron chi connectivity index (χ1n) is 7.94. The number of nitrogen functional groups attached to an aromatic ring is 1. The molecule has 0 aliphatic carbocycles. The van der Waals surface area contributed by atoms with Crippen molar-refractivity contribution in [2.45, 2.75) is 11.4 Å². The molecule has 0 atom stereocenters. The van der Waals surface area contributed by atoms with Crippen LogP contribution in [0.2, 0.25) is 0 Å². The minimum absolute atomic E-state index is 0.0810. The normalized spacial score (nSPS) is 11.5. The van der Waals surface area contributed by atoms with Crippen molar-refractivity contribution in [1.82, 2.24) is 4.72 Å². The van der Waals surface area contributed by atoms with Gasteiger partial charge in [0.05, 0.1) is 19.1 Å². The molecule has 0 amide bonds. The summed E-state index contributed by atoms with van der Waals surface area (Å²) in [7, 11) is -0.643. The highest BCUT2D eigenvalue weighted by Crippen LogP contribution is 2.31. The number of rotatable bonds is 6. The molecule has 0 radical (unpaired) electrons. The van der Waals surface area contributed by atoms with Crippen molar-refractivity contribution in [3.63, 3.8) is 0 Å². The number of nitrogens with two attached hydrogens (primary N) is 1. The Labute approximate surface area is 152 Å². The first kappa shape index (κ1) is 18.0. The van der Waals surface area contributed by atoms with Crippen LogP contribution in [0.3, 0.4) is 0 Å². The van der Waals surface area contributed by atoms with Crippen molar-refractivity contribution >= 4 is 26.5 Å². The van der Waals surface area contributed by atoms with Crippen LogP contribution in [0.4, 0.5) is 5.69 Å². The van der Waals surface area contributed by atoms with E-state index in [9.17, 15) is 8.42 Å². The summed E-state index contributed by atoms with van der Waals surface area (Å²) in [5.74, 6) is 1.05. The first-order chi connectivity index (χ1) is 12.5. The Morgan fingerprint density at radius 2 is 1.77 bits per heavy atom. The molecule has 3 N–H and O–H groups in total. The third kappa shape index (κ3) is 3.44. The van der Waals surface area contributed by atoms with Crippen LogP contribution in [0.25, 0.3) is 10.8 Å². The maximum absolute atomic E-state index is 12.7. The number of sulfonamides is 1. The van der Waals surface area contributed by atoms with Gasteiger partial charge in [0.25, 0.3) is 0 Å². The quantitative estimate of drug-likeness (QED) is 0.649. The Kier molecular flexibility index (Phi) is 5.01. The van der Waals surface area contributed by atoms with Crippen LogP contribution in [-0.4, -0.2) is 22.6 Å². The molecule has 0 bridgehead atoms. The average Bonchev–Trinajstić information content (AvgIpc) is 2.65. The molecule has 26 heavy (non-hydrogen) atoms. The van der Waals surface area contributed by atoms with Gasteiger partial charge in [0, 0.05) is 23.2 Å². The van der Waals surface area contributed by atoms with Crippen molar-refractivity contribution in [2.75, 3.05) is 20.0 Å².